The summed E-state index contributed by atoms with van der Waals surface area (Å²) in [6.07, 6.45) is 0.604. The lowest BCUT2D eigenvalue weighted by molar-refractivity contribution is -0.118. The van der Waals surface area contributed by atoms with Crippen molar-refractivity contribution in [3.8, 4) is 0 Å². The number of amides is 1. The third-order valence-electron chi connectivity index (χ3n) is 3.00. The van der Waals surface area contributed by atoms with Crippen LogP contribution in [0.3, 0.4) is 0 Å². The van der Waals surface area contributed by atoms with Crippen molar-refractivity contribution >= 4 is 29.0 Å². The zero-order chi connectivity index (χ0) is 13.1. The molecule has 1 heterocycles. The third kappa shape index (κ3) is 2.47. The van der Waals surface area contributed by atoms with E-state index in [2.05, 4.69) is 5.32 Å². The van der Waals surface area contributed by atoms with Crippen LogP contribution in [-0.4, -0.2) is 36.5 Å². The smallest absolute Gasteiger partial charge is 0.240 e. The molecule has 1 unspecified atom stereocenters. The van der Waals surface area contributed by atoms with Crippen LogP contribution in [-0.2, 0) is 4.79 Å². The maximum absolute atomic E-state index is 12.2. The first-order valence-corrected chi connectivity index (χ1v) is 6.96. The number of aliphatic hydroxyl groups is 1. The zero-order valence-electron chi connectivity index (χ0n) is 10.6. The van der Waals surface area contributed by atoms with Crippen LogP contribution in [0.2, 0.25) is 0 Å². The molecule has 0 saturated carbocycles. The van der Waals surface area contributed by atoms with Gasteiger partial charge >= 0.3 is 0 Å². The van der Waals surface area contributed by atoms with Crippen LogP contribution in [0.5, 0.6) is 0 Å². The number of rotatable bonds is 4. The van der Waals surface area contributed by atoms with Crippen LogP contribution in [0.25, 0.3) is 0 Å². The van der Waals surface area contributed by atoms with Crippen molar-refractivity contribution < 1.29 is 9.90 Å². The lowest BCUT2D eigenvalue weighted by atomic mass is 10.2. The molecular weight excluding hydrogens is 248 g/mol. The predicted octanol–water partition coefficient (Wildman–Crippen LogP) is 1.94. The van der Waals surface area contributed by atoms with Crippen LogP contribution in [0.1, 0.15) is 13.3 Å². The SMILES string of the molecule is CNc1ccc2c(c1)N(CCCO)C(=O)C(C)S2. The number of benzene rings is 1. The monoisotopic (exact) mass is 266 g/mol. The fraction of sp³-hybridized carbons (Fsp3) is 0.462. The fourth-order valence-electron chi connectivity index (χ4n) is 2.02. The van der Waals surface area contributed by atoms with Gasteiger partial charge in [-0.15, -0.1) is 11.8 Å². The molecule has 4 nitrogen and oxygen atoms in total. The van der Waals surface area contributed by atoms with Crippen molar-refractivity contribution in [2.45, 2.75) is 23.5 Å². The first-order chi connectivity index (χ1) is 8.67. The Hall–Kier alpha value is -1.20. The first kappa shape index (κ1) is 13.2. The van der Waals surface area contributed by atoms with Gasteiger partial charge in [0.05, 0.1) is 10.9 Å². The Labute approximate surface area is 111 Å². The molecule has 98 valence electrons. The summed E-state index contributed by atoms with van der Waals surface area (Å²) >= 11 is 1.59. The number of nitrogens with zero attached hydrogens (tertiary/aromatic N) is 1. The van der Waals surface area contributed by atoms with Gasteiger partial charge in [-0.05, 0) is 31.5 Å². The molecule has 0 fully saturated rings. The van der Waals surface area contributed by atoms with E-state index in [4.69, 9.17) is 5.11 Å². The van der Waals surface area contributed by atoms with E-state index in [1.807, 2.05) is 32.2 Å². The van der Waals surface area contributed by atoms with Gasteiger partial charge < -0.3 is 15.3 Å². The van der Waals surface area contributed by atoms with Crippen molar-refractivity contribution in [2.24, 2.45) is 0 Å². The van der Waals surface area contributed by atoms with Crippen LogP contribution in [0.15, 0.2) is 23.1 Å². The van der Waals surface area contributed by atoms with E-state index in [0.29, 0.717) is 13.0 Å². The molecule has 2 N–H and O–H groups in total. The molecule has 5 heteroatoms. The van der Waals surface area contributed by atoms with Gasteiger partial charge in [0.2, 0.25) is 5.91 Å². The van der Waals surface area contributed by atoms with Gasteiger partial charge in [0, 0.05) is 30.8 Å². The predicted molar refractivity (Wildman–Crippen MR) is 75.4 cm³/mol. The molecule has 1 amide bonds. The lowest BCUT2D eigenvalue weighted by Gasteiger charge is -2.32. The van der Waals surface area contributed by atoms with Crippen molar-refractivity contribution in [2.75, 3.05) is 30.4 Å². The Morgan fingerprint density at radius 1 is 1.50 bits per heavy atom. The molecule has 1 aliphatic rings. The van der Waals surface area contributed by atoms with Crippen LogP contribution >= 0.6 is 11.8 Å². The Morgan fingerprint density at radius 2 is 2.28 bits per heavy atom. The van der Waals surface area contributed by atoms with Gasteiger partial charge in [-0.3, -0.25) is 4.79 Å². The molecule has 0 bridgehead atoms. The summed E-state index contributed by atoms with van der Waals surface area (Å²) in [7, 11) is 1.86. The summed E-state index contributed by atoms with van der Waals surface area (Å²) in [5.41, 5.74) is 1.94. The van der Waals surface area contributed by atoms with E-state index in [9.17, 15) is 4.79 Å². The highest BCUT2D eigenvalue weighted by atomic mass is 32.2. The molecule has 0 radical (unpaired) electrons. The third-order valence-corrected chi connectivity index (χ3v) is 4.15. The molecule has 1 aliphatic heterocycles. The normalized spacial score (nSPS) is 18.7. The van der Waals surface area contributed by atoms with Crippen LogP contribution < -0.4 is 10.2 Å². The maximum atomic E-state index is 12.2. The number of anilines is 2. The van der Waals surface area contributed by atoms with Crippen molar-refractivity contribution in [3.63, 3.8) is 0 Å². The molecular formula is C13H18N2O2S. The summed E-state index contributed by atoms with van der Waals surface area (Å²) in [6.45, 7) is 2.60. The van der Waals surface area contributed by atoms with E-state index in [1.165, 1.54) is 0 Å². The minimum absolute atomic E-state index is 0.0587. The standard InChI is InChI=1S/C13H18N2O2S/c1-9-13(17)15(6-3-7-16)11-8-10(14-2)4-5-12(11)18-9/h4-5,8-9,14,16H,3,6-7H2,1-2H3. The summed E-state index contributed by atoms with van der Waals surface area (Å²) in [5, 5.41) is 12.0. The second kappa shape index (κ2) is 5.63. The topological polar surface area (TPSA) is 52.6 Å². The average molecular weight is 266 g/mol. The van der Waals surface area contributed by atoms with Gasteiger partial charge in [0.15, 0.2) is 0 Å². The quantitative estimate of drug-likeness (QED) is 0.874. The first-order valence-electron chi connectivity index (χ1n) is 6.08. The molecule has 1 aromatic rings. The molecule has 0 aromatic heterocycles. The second-order valence-electron chi connectivity index (χ2n) is 4.26. The Kier molecular flexibility index (Phi) is 4.14. The number of hydrogen-bond donors (Lipinski definition) is 2. The molecule has 18 heavy (non-hydrogen) atoms. The minimum atomic E-state index is -0.0587. The number of carbonyl (C=O) groups is 1. The number of carbonyl (C=O) groups excluding carboxylic acids is 1. The number of hydrogen-bond acceptors (Lipinski definition) is 4. The highest BCUT2D eigenvalue weighted by Crippen LogP contribution is 2.40. The van der Waals surface area contributed by atoms with Crippen LogP contribution in [0.4, 0.5) is 11.4 Å². The van der Waals surface area contributed by atoms with Crippen molar-refractivity contribution in [1.82, 2.24) is 0 Å². The Bertz CT molecular complexity index is 451. The summed E-state index contributed by atoms with van der Waals surface area (Å²) in [6, 6.07) is 6.04. The largest absolute Gasteiger partial charge is 0.396 e. The van der Waals surface area contributed by atoms with E-state index < -0.39 is 0 Å². The minimum Gasteiger partial charge on any atom is -0.396 e. The number of thioether (sulfide) groups is 1. The number of nitrogens with one attached hydrogen (secondary N) is 1. The molecule has 0 aliphatic carbocycles. The molecule has 1 atom stereocenters. The van der Waals surface area contributed by atoms with Crippen molar-refractivity contribution in [3.05, 3.63) is 18.2 Å². The van der Waals surface area contributed by atoms with Gasteiger partial charge in [0.25, 0.3) is 0 Å². The number of aliphatic hydroxyl groups excluding tert-OH is 1. The Morgan fingerprint density at radius 3 is 2.94 bits per heavy atom. The summed E-state index contributed by atoms with van der Waals surface area (Å²) in [5.74, 6) is 0.120. The molecule has 2 rings (SSSR count). The highest BCUT2D eigenvalue weighted by Gasteiger charge is 2.30. The van der Waals surface area contributed by atoms with Crippen molar-refractivity contribution in [1.29, 1.82) is 0 Å². The summed E-state index contributed by atoms with van der Waals surface area (Å²) < 4.78 is 0. The molecule has 0 spiro atoms. The Balaban J connectivity index is 2.36. The lowest BCUT2D eigenvalue weighted by Crippen LogP contribution is -2.40. The summed E-state index contributed by atoms with van der Waals surface area (Å²) in [4.78, 5) is 15.1. The molecule has 1 aromatic carbocycles. The average Bonchev–Trinajstić information content (AvgIpc) is 2.39. The fourth-order valence-corrected chi connectivity index (χ4v) is 3.07. The number of fused-ring (bicyclic) bond motifs is 1. The molecule has 0 saturated heterocycles. The maximum Gasteiger partial charge on any atom is 0.240 e. The highest BCUT2D eigenvalue weighted by molar-refractivity contribution is 8.00. The van der Waals surface area contributed by atoms with Gasteiger partial charge in [0.1, 0.15) is 0 Å². The van der Waals surface area contributed by atoms with Gasteiger partial charge in [-0.2, -0.15) is 0 Å². The van der Waals surface area contributed by atoms with E-state index >= 15 is 0 Å². The van der Waals surface area contributed by atoms with E-state index in [0.717, 1.165) is 16.3 Å². The van der Waals surface area contributed by atoms with Gasteiger partial charge in [-0.25, -0.2) is 0 Å². The zero-order valence-corrected chi connectivity index (χ0v) is 11.5. The van der Waals surface area contributed by atoms with Gasteiger partial charge in [-0.1, -0.05) is 0 Å². The van der Waals surface area contributed by atoms with Crippen LogP contribution in [0, 0.1) is 0 Å². The van der Waals surface area contributed by atoms with E-state index in [1.54, 1.807) is 16.7 Å². The van der Waals surface area contributed by atoms with E-state index in [-0.39, 0.29) is 17.8 Å². The second-order valence-corrected chi connectivity index (χ2v) is 5.64.